The number of benzene rings is 1. The molecular weight excluding hydrogens is 295 g/mol. The zero-order valence-corrected chi connectivity index (χ0v) is 13.5. The van der Waals surface area contributed by atoms with Crippen LogP contribution >= 0.6 is 24.0 Å². The van der Waals surface area contributed by atoms with Crippen molar-refractivity contribution in [2.45, 2.75) is 25.7 Å². The second-order valence-corrected chi connectivity index (χ2v) is 6.21. The third kappa shape index (κ3) is 3.46. The van der Waals surface area contributed by atoms with Gasteiger partial charge < -0.3 is 10.6 Å². The highest BCUT2D eigenvalue weighted by Gasteiger charge is 2.36. The Balaban J connectivity index is 0.00000200. The number of carbonyl (C=O) groups excluding carboxylic acids is 1. The molecule has 1 atom stereocenters. The van der Waals surface area contributed by atoms with Crippen LogP contribution in [0.15, 0.2) is 24.3 Å². The molecule has 20 heavy (non-hydrogen) atoms. The first-order chi connectivity index (χ1) is 8.95. The molecule has 1 aliphatic rings. The van der Waals surface area contributed by atoms with Gasteiger partial charge in [-0.05, 0) is 50.4 Å². The molecule has 1 fully saturated rings. The summed E-state index contributed by atoms with van der Waals surface area (Å²) in [6.45, 7) is 6.15. The van der Waals surface area contributed by atoms with Crippen LogP contribution in [0.4, 0.5) is 0 Å². The summed E-state index contributed by atoms with van der Waals surface area (Å²) >= 11 is 6.02. The van der Waals surface area contributed by atoms with Crippen molar-refractivity contribution in [3.8, 4) is 0 Å². The maximum absolute atomic E-state index is 12.7. The van der Waals surface area contributed by atoms with Gasteiger partial charge in [0.15, 0.2) is 0 Å². The SMILES string of the molecule is CC(C)(C(=O)N1CCC(CN)C1)c1cccc(Cl)c1.Cl. The number of hydrogen-bond donors (Lipinski definition) is 1. The Labute approximate surface area is 131 Å². The predicted octanol–water partition coefficient (Wildman–Crippen LogP) is 2.85. The zero-order chi connectivity index (χ0) is 14.0. The molecular formula is C15H22Cl2N2O. The molecule has 2 rings (SSSR count). The van der Waals surface area contributed by atoms with E-state index < -0.39 is 5.41 Å². The first-order valence-corrected chi connectivity index (χ1v) is 7.08. The lowest BCUT2D eigenvalue weighted by molar-refractivity contribution is -0.135. The second kappa shape index (κ2) is 6.79. The van der Waals surface area contributed by atoms with E-state index in [1.165, 1.54) is 0 Å². The van der Waals surface area contributed by atoms with Crippen LogP contribution in [0, 0.1) is 5.92 Å². The number of rotatable bonds is 3. The summed E-state index contributed by atoms with van der Waals surface area (Å²) in [5.41, 5.74) is 6.09. The molecule has 0 spiro atoms. The molecule has 0 bridgehead atoms. The summed E-state index contributed by atoms with van der Waals surface area (Å²) in [4.78, 5) is 14.6. The number of amides is 1. The molecule has 1 heterocycles. The van der Waals surface area contributed by atoms with Crippen LogP contribution < -0.4 is 5.73 Å². The van der Waals surface area contributed by atoms with E-state index in [1.54, 1.807) is 0 Å². The highest BCUT2D eigenvalue weighted by atomic mass is 35.5. The number of halogens is 2. The quantitative estimate of drug-likeness (QED) is 0.932. The summed E-state index contributed by atoms with van der Waals surface area (Å²) in [7, 11) is 0. The van der Waals surface area contributed by atoms with Crippen molar-refractivity contribution in [2.75, 3.05) is 19.6 Å². The highest BCUT2D eigenvalue weighted by Crippen LogP contribution is 2.29. The van der Waals surface area contributed by atoms with Gasteiger partial charge in [0.2, 0.25) is 5.91 Å². The average molecular weight is 317 g/mol. The maximum atomic E-state index is 12.7. The molecule has 1 amide bonds. The Bertz CT molecular complexity index is 477. The third-order valence-corrected chi connectivity index (χ3v) is 4.22. The monoisotopic (exact) mass is 316 g/mol. The van der Waals surface area contributed by atoms with Crippen LogP contribution in [0.2, 0.25) is 5.02 Å². The van der Waals surface area contributed by atoms with E-state index in [-0.39, 0.29) is 18.3 Å². The van der Waals surface area contributed by atoms with Crippen molar-refractivity contribution in [2.24, 2.45) is 11.7 Å². The third-order valence-electron chi connectivity index (χ3n) is 3.99. The lowest BCUT2D eigenvalue weighted by Gasteiger charge is -2.30. The summed E-state index contributed by atoms with van der Waals surface area (Å²) in [6.07, 6.45) is 1.01. The van der Waals surface area contributed by atoms with Gasteiger partial charge in [-0.1, -0.05) is 23.7 Å². The van der Waals surface area contributed by atoms with Crippen LogP contribution in [0.5, 0.6) is 0 Å². The fraction of sp³-hybridized carbons (Fsp3) is 0.533. The van der Waals surface area contributed by atoms with Crippen molar-refractivity contribution in [1.82, 2.24) is 4.90 Å². The van der Waals surface area contributed by atoms with E-state index in [0.717, 1.165) is 25.1 Å². The number of nitrogens with zero attached hydrogens (tertiary/aromatic N) is 1. The van der Waals surface area contributed by atoms with Crippen molar-refractivity contribution in [1.29, 1.82) is 0 Å². The van der Waals surface area contributed by atoms with Crippen LogP contribution in [-0.2, 0) is 10.2 Å². The Morgan fingerprint density at radius 1 is 1.50 bits per heavy atom. The number of hydrogen-bond acceptors (Lipinski definition) is 2. The average Bonchev–Trinajstić information content (AvgIpc) is 2.86. The molecule has 1 saturated heterocycles. The molecule has 1 aromatic rings. The van der Waals surface area contributed by atoms with Crippen molar-refractivity contribution >= 4 is 29.9 Å². The maximum Gasteiger partial charge on any atom is 0.232 e. The van der Waals surface area contributed by atoms with Gasteiger partial charge in [0.05, 0.1) is 5.41 Å². The lowest BCUT2D eigenvalue weighted by Crippen LogP contribution is -2.42. The number of likely N-dealkylation sites (tertiary alicyclic amines) is 1. The van der Waals surface area contributed by atoms with Crippen molar-refractivity contribution in [3.05, 3.63) is 34.9 Å². The summed E-state index contributed by atoms with van der Waals surface area (Å²) in [5, 5.41) is 0.666. The minimum Gasteiger partial charge on any atom is -0.342 e. The van der Waals surface area contributed by atoms with E-state index in [0.29, 0.717) is 17.5 Å². The summed E-state index contributed by atoms with van der Waals surface area (Å²) in [5.74, 6) is 0.602. The molecule has 5 heteroatoms. The van der Waals surface area contributed by atoms with Gasteiger partial charge in [-0.2, -0.15) is 0 Å². The van der Waals surface area contributed by atoms with Crippen LogP contribution in [0.25, 0.3) is 0 Å². The first-order valence-electron chi connectivity index (χ1n) is 6.70. The van der Waals surface area contributed by atoms with Crippen molar-refractivity contribution in [3.63, 3.8) is 0 Å². The molecule has 1 aromatic carbocycles. The van der Waals surface area contributed by atoms with Crippen LogP contribution in [0.3, 0.4) is 0 Å². The molecule has 2 N–H and O–H groups in total. The normalized spacial score (nSPS) is 18.8. The standard InChI is InChI=1S/C15H21ClN2O.ClH/c1-15(2,12-4-3-5-13(16)8-12)14(19)18-7-6-11(9-17)10-18;/h3-5,8,11H,6-7,9-10,17H2,1-2H3;1H. The van der Waals surface area contributed by atoms with Crippen LogP contribution in [0.1, 0.15) is 25.8 Å². The smallest absolute Gasteiger partial charge is 0.232 e. The van der Waals surface area contributed by atoms with E-state index >= 15 is 0 Å². The van der Waals surface area contributed by atoms with Gasteiger partial charge in [-0.15, -0.1) is 12.4 Å². The van der Waals surface area contributed by atoms with Crippen LogP contribution in [-0.4, -0.2) is 30.4 Å². The molecule has 0 radical (unpaired) electrons. The van der Waals surface area contributed by atoms with E-state index in [2.05, 4.69) is 0 Å². The van der Waals surface area contributed by atoms with E-state index in [9.17, 15) is 4.79 Å². The molecule has 0 aromatic heterocycles. The van der Waals surface area contributed by atoms with E-state index in [4.69, 9.17) is 17.3 Å². The second-order valence-electron chi connectivity index (χ2n) is 5.78. The van der Waals surface area contributed by atoms with Gasteiger partial charge in [0.1, 0.15) is 0 Å². The van der Waals surface area contributed by atoms with Gasteiger partial charge in [0, 0.05) is 18.1 Å². The molecule has 3 nitrogen and oxygen atoms in total. The molecule has 0 aliphatic carbocycles. The van der Waals surface area contributed by atoms with E-state index in [1.807, 2.05) is 43.0 Å². The van der Waals surface area contributed by atoms with Gasteiger partial charge >= 0.3 is 0 Å². The fourth-order valence-electron chi connectivity index (χ4n) is 2.61. The summed E-state index contributed by atoms with van der Waals surface area (Å²) in [6, 6.07) is 7.54. The first kappa shape index (κ1) is 17.3. The Morgan fingerprint density at radius 3 is 2.75 bits per heavy atom. The molecule has 1 aliphatic heterocycles. The Hall–Kier alpha value is -0.770. The fourth-order valence-corrected chi connectivity index (χ4v) is 2.80. The van der Waals surface area contributed by atoms with Gasteiger partial charge in [0.25, 0.3) is 0 Å². The summed E-state index contributed by atoms with van der Waals surface area (Å²) < 4.78 is 0. The highest BCUT2D eigenvalue weighted by molar-refractivity contribution is 6.30. The molecule has 112 valence electrons. The van der Waals surface area contributed by atoms with Gasteiger partial charge in [-0.25, -0.2) is 0 Å². The minimum absolute atomic E-state index is 0. The Morgan fingerprint density at radius 2 is 2.20 bits per heavy atom. The molecule has 0 saturated carbocycles. The van der Waals surface area contributed by atoms with Gasteiger partial charge in [-0.3, -0.25) is 4.79 Å². The Kier molecular flexibility index (Phi) is 5.87. The lowest BCUT2D eigenvalue weighted by atomic mass is 9.83. The topological polar surface area (TPSA) is 46.3 Å². The number of nitrogens with two attached hydrogens (primary N) is 1. The van der Waals surface area contributed by atoms with Crippen molar-refractivity contribution < 1.29 is 4.79 Å². The minimum atomic E-state index is -0.547. The molecule has 1 unspecified atom stereocenters. The largest absolute Gasteiger partial charge is 0.342 e. The predicted molar refractivity (Wildman–Crippen MR) is 85.5 cm³/mol. The zero-order valence-electron chi connectivity index (χ0n) is 11.9. The number of carbonyl (C=O) groups is 1.